The van der Waals surface area contributed by atoms with Crippen molar-refractivity contribution in [2.45, 2.75) is 38.8 Å². The summed E-state index contributed by atoms with van der Waals surface area (Å²) in [5.41, 5.74) is 13.4. The largest absolute Gasteiger partial charge is 0.467 e. The van der Waals surface area contributed by atoms with Gasteiger partial charge in [-0.05, 0) is 35.7 Å². The average Bonchev–Trinajstić information content (AvgIpc) is 2.89. The van der Waals surface area contributed by atoms with Gasteiger partial charge >= 0.3 is 5.97 Å². The maximum absolute atomic E-state index is 12.5. The Bertz CT molecular complexity index is 1120. The number of benzene rings is 2. The SMILES string of the molecule is CCC(C)[C@@H](N=C(N)N)C(=O)NCC(=O)N[C@@H](Cc1ccc(C#Cc2ccccc2)cc1)C(=O)OC. The molecule has 0 bridgehead atoms. The summed E-state index contributed by atoms with van der Waals surface area (Å²) in [6, 6.07) is 15.3. The number of nitrogens with one attached hydrogen (secondary N) is 2. The zero-order chi connectivity index (χ0) is 26.5. The molecule has 6 N–H and O–H groups in total. The molecule has 0 aromatic heterocycles. The number of rotatable bonds is 10. The van der Waals surface area contributed by atoms with Gasteiger partial charge in [-0.15, -0.1) is 0 Å². The topological polar surface area (TPSA) is 149 Å². The fraction of sp³-hybridized carbons (Fsp3) is 0.333. The molecule has 1 unspecified atom stereocenters. The lowest BCUT2D eigenvalue weighted by molar-refractivity contribution is -0.145. The van der Waals surface area contributed by atoms with Crippen molar-refractivity contribution in [2.75, 3.05) is 13.7 Å². The van der Waals surface area contributed by atoms with Crippen molar-refractivity contribution in [1.82, 2.24) is 10.6 Å². The normalized spacial score (nSPS) is 12.6. The highest BCUT2D eigenvalue weighted by Gasteiger charge is 2.26. The lowest BCUT2D eigenvalue weighted by Crippen LogP contribution is -2.49. The van der Waals surface area contributed by atoms with Crippen molar-refractivity contribution in [3.05, 3.63) is 71.3 Å². The van der Waals surface area contributed by atoms with Crippen LogP contribution in [-0.4, -0.2) is 49.5 Å². The number of ether oxygens (including phenoxy) is 1. The van der Waals surface area contributed by atoms with Crippen LogP contribution >= 0.6 is 0 Å². The molecule has 9 heteroatoms. The third-order valence-electron chi connectivity index (χ3n) is 5.50. The zero-order valence-electron chi connectivity index (χ0n) is 20.8. The first-order valence-electron chi connectivity index (χ1n) is 11.6. The maximum atomic E-state index is 12.5. The van der Waals surface area contributed by atoms with E-state index < -0.39 is 29.9 Å². The molecule has 2 aromatic carbocycles. The Morgan fingerprint density at radius 1 is 1.00 bits per heavy atom. The molecule has 3 atom stereocenters. The van der Waals surface area contributed by atoms with Crippen molar-refractivity contribution in [3.63, 3.8) is 0 Å². The van der Waals surface area contributed by atoms with Gasteiger partial charge in [0, 0.05) is 17.5 Å². The third-order valence-corrected chi connectivity index (χ3v) is 5.50. The van der Waals surface area contributed by atoms with E-state index in [-0.39, 0.29) is 24.8 Å². The molecule has 2 amide bonds. The van der Waals surface area contributed by atoms with Crippen LogP contribution in [0.25, 0.3) is 0 Å². The van der Waals surface area contributed by atoms with Crippen LogP contribution in [0.15, 0.2) is 59.6 Å². The van der Waals surface area contributed by atoms with Crippen LogP contribution in [0, 0.1) is 17.8 Å². The first-order chi connectivity index (χ1) is 17.2. The van der Waals surface area contributed by atoms with Gasteiger partial charge in [0.25, 0.3) is 0 Å². The summed E-state index contributed by atoms with van der Waals surface area (Å²) in [5.74, 6) is 4.23. The van der Waals surface area contributed by atoms with E-state index in [2.05, 4.69) is 27.5 Å². The summed E-state index contributed by atoms with van der Waals surface area (Å²) >= 11 is 0. The number of hydrogen-bond donors (Lipinski definition) is 4. The van der Waals surface area contributed by atoms with Gasteiger partial charge in [0.05, 0.1) is 13.7 Å². The number of guanidine groups is 1. The number of methoxy groups -OCH3 is 1. The van der Waals surface area contributed by atoms with Crippen molar-refractivity contribution < 1.29 is 19.1 Å². The minimum atomic E-state index is -0.927. The summed E-state index contributed by atoms with van der Waals surface area (Å²) in [6.45, 7) is 3.40. The molecule has 0 aliphatic rings. The van der Waals surface area contributed by atoms with Gasteiger partial charge in [-0.3, -0.25) is 9.59 Å². The van der Waals surface area contributed by atoms with Crippen LogP contribution in [0.3, 0.4) is 0 Å². The second-order valence-corrected chi connectivity index (χ2v) is 8.26. The van der Waals surface area contributed by atoms with Crippen LogP contribution in [0.4, 0.5) is 0 Å². The van der Waals surface area contributed by atoms with E-state index in [1.807, 2.05) is 68.4 Å². The standard InChI is InChI=1S/C27H33N5O4/c1-4-18(2)24(32-27(28)29)25(34)30-17-23(33)31-22(26(35)36-3)16-21-14-12-20(13-15-21)11-10-19-8-6-5-7-9-19/h5-9,12-15,18,22,24H,4,16-17H2,1-3H3,(H,30,34)(H,31,33)(H4,28,29,32)/t18?,22-,24+/m0/s1. The Hall–Kier alpha value is -4.32. The number of aliphatic imine (C=N–C) groups is 1. The molecule has 36 heavy (non-hydrogen) atoms. The molecule has 0 radical (unpaired) electrons. The first kappa shape index (κ1) is 27.9. The molecule has 0 aliphatic carbocycles. The lowest BCUT2D eigenvalue weighted by atomic mass is 9.99. The van der Waals surface area contributed by atoms with E-state index in [1.54, 1.807) is 0 Å². The Morgan fingerprint density at radius 2 is 1.61 bits per heavy atom. The molecule has 9 nitrogen and oxygen atoms in total. The van der Waals surface area contributed by atoms with Crippen molar-refractivity contribution in [1.29, 1.82) is 0 Å². The van der Waals surface area contributed by atoms with E-state index in [1.165, 1.54) is 7.11 Å². The van der Waals surface area contributed by atoms with Crippen molar-refractivity contribution in [3.8, 4) is 11.8 Å². The minimum Gasteiger partial charge on any atom is -0.467 e. The molecule has 0 aliphatic heterocycles. The van der Waals surface area contributed by atoms with E-state index in [0.717, 1.165) is 16.7 Å². The molecular formula is C27H33N5O4. The van der Waals surface area contributed by atoms with Gasteiger partial charge in [-0.1, -0.05) is 62.4 Å². The van der Waals surface area contributed by atoms with Gasteiger partial charge in [-0.2, -0.15) is 0 Å². The summed E-state index contributed by atoms with van der Waals surface area (Å²) in [5, 5.41) is 5.14. The van der Waals surface area contributed by atoms with E-state index in [9.17, 15) is 14.4 Å². The fourth-order valence-corrected chi connectivity index (χ4v) is 3.31. The van der Waals surface area contributed by atoms with Gasteiger partial charge in [0.15, 0.2) is 5.96 Å². The summed E-state index contributed by atoms with van der Waals surface area (Å²) in [4.78, 5) is 41.3. The number of amides is 2. The number of nitrogens with two attached hydrogens (primary N) is 2. The Labute approximate surface area is 211 Å². The number of hydrogen-bond acceptors (Lipinski definition) is 5. The quantitative estimate of drug-likeness (QED) is 0.169. The van der Waals surface area contributed by atoms with Gasteiger partial charge in [0.2, 0.25) is 11.8 Å². The highest BCUT2D eigenvalue weighted by molar-refractivity contribution is 5.91. The number of nitrogens with zero attached hydrogens (tertiary/aromatic N) is 1. The van der Waals surface area contributed by atoms with Crippen molar-refractivity contribution in [2.24, 2.45) is 22.4 Å². The lowest BCUT2D eigenvalue weighted by Gasteiger charge is -2.20. The molecule has 190 valence electrons. The molecule has 0 fully saturated rings. The molecular weight excluding hydrogens is 458 g/mol. The van der Waals surface area contributed by atoms with Crippen LogP contribution in [0.1, 0.15) is 37.0 Å². The summed E-state index contributed by atoms with van der Waals surface area (Å²) < 4.78 is 4.84. The Kier molecular flexibility index (Phi) is 11.0. The molecule has 0 saturated heterocycles. The number of carbonyl (C=O) groups is 3. The fourth-order valence-electron chi connectivity index (χ4n) is 3.31. The van der Waals surface area contributed by atoms with Gasteiger partial charge in [0.1, 0.15) is 12.1 Å². The Balaban J connectivity index is 1.99. The highest BCUT2D eigenvalue weighted by atomic mass is 16.5. The molecule has 2 aromatic rings. The van der Waals surface area contributed by atoms with Crippen LogP contribution in [0.2, 0.25) is 0 Å². The molecule has 2 rings (SSSR count). The van der Waals surface area contributed by atoms with Gasteiger partial charge in [-0.25, -0.2) is 9.79 Å². The first-order valence-corrected chi connectivity index (χ1v) is 11.6. The second kappa shape index (κ2) is 14.2. The molecule has 0 spiro atoms. The smallest absolute Gasteiger partial charge is 0.328 e. The second-order valence-electron chi connectivity index (χ2n) is 8.26. The van der Waals surface area contributed by atoms with E-state index >= 15 is 0 Å². The van der Waals surface area contributed by atoms with Crippen LogP contribution in [0.5, 0.6) is 0 Å². The summed E-state index contributed by atoms with van der Waals surface area (Å²) in [6.07, 6.45) is 0.879. The maximum Gasteiger partial charge on any atom is 0.328 e. The number of carbonyl (C=O) groups excluding carboxylic acids is 3. The number of esters is 1. The van der Waals surface area contributed by atoms with Crippen LogP contribution in [-0.2, 0) is 25.5 Å². The van der Waals surface area contributed by atoms with E-state index in [0.29, 0.717) is 6.42 Å². The predicted molar refractivity (Wildman–Crippen MR) is 139 cm³/mol. The average molecular weight is 492 g/mol. The summed E-state index contributed by atoms with van der Waals surface area (Å²) in [7, 11) is 1.25. The molecule has 0 heterocycles. The van der Waals surface area contributed by atoms with E-state index in [4.69, 9.17) is 16.2 Å². The predicted octanol–water partition coefficient (Wildman–Crippen LogP) is 1.09. The van der Waals surface area contributed by atoms with Crippen molar-refractivity contribution >= 4 is 23.7 Å². The third kappa shape index (κ3) is 9.14. The van der Waals surface area contributed by atoms with Gasteiger partial charge < -0.3 is 26.8 Å². The monoisotopic (exact) mass is 491 g/mol. The Morgan fingerprint density at radius 3 is 2.17 bits per heavy atom. The highest BCUT2D eigenvalue weighted by Crippen LogP contribution is 2.12. The molecule has 0 saturated carbocycles. The minimum absolute atomic E-state index is 0.127. The zero-order valence-corrected chi connectivity index (χ0v) is 20.8. The van der Waals surface area contributed by atoms with Crippen LogP contribution < -0.4 is 22.1 Å².